The van der Waals surface area contributed by atoms with Crippen LogP contribution in [0.15, 0.2) is 18.2 Å². The van der Waals surface area contributed by atoms with E-state index in [9.17, 15) is 0 Å². The van der Waals surface area contributed by atoms with E-state index in [1.165, 1.54) is 36.8 Å². The molecule has 18 heavy (non-hydrogen) atoms. The first-order valence-corrected chi connectivity index (χ1v) is 6.77. The SMILES string of the molecule is CC(C)(C#N)CCOc1ccc2c(c1)CCCC2. The van der Waals surface area contributed by atoms with Crippen molar-refractivity contribution in [3.8, 4) is 11.8 Å². The number of aryl methyl sites for hydroxylation is 2. The van der Waals surface area contributed by atoms with Crippen LogP contribution in [0, 0.1) is 16.7 Å². The minimum atomic E-state index is -0.297. The number of fused-ring (bicyclic) bond motifs is 1. The second kappa shape index (κ2) is 5.44. The molecule has 96 valence electrons. The zero-order valence-corrected chi connectivity index (χ0v) is 11.3. The molecular weight excluding hydrogens is 222 g/mol. The van der Waals surface area contributed by atoms with E-state index < -0.39 is 0 Å². The maximum Gasteiger partial charge on any atom is 0.119 e. The molecule has 0 aliphatic heterocycles. The summed E-state index contributed by atoms with van der Waals surface area (Å²) in [5.74, 6) is 0.949. The number of rotatable bonds is 4. The molecule has 0 saturated carbocycles. The van der Waals surface area contributed by atoms with Crippen LogP contribution >= 0.6 is 0 Å². The predicted octanol–water partition coefficient (Wildman–Crippen LogP) is 3.88. The minimum absolute atomic E-state index is 0.297. The average molecular weight is 243 g/mol. The van der Waals surface area contributed by atoms with Gasteiger partial charge in [0.25, 0.3) is 0 Å². The second-order valence-corrected chi connectivity index (χ2v) is 5.73. The Bertz CT molecular complexity index is 457. The van der Waals surface area contributed by atoms with Crippen LogP contribution in [0.3, 0.4) is 0 Å². The van der Waals surface area contributed by atoms with Gasteiger partial charge in [0, 0.05) is 0 Å². The molecule has 0 radical (unpaired) electrons. The first-order chi connectivity index (χ1) is 8.61. The number of nitrogens with zero attached hydrogens (tertiary/aromatic N) is 1. The Balaban J connectivity index is 1.93. The van der Waals surface area contributed by atoms with Crippen LogP contribution in [0.4, 0.5) is 0 Å². The fraction of sp³-hybridized carbons (Fsp3) is 0.562. The van der Waals surface area contributed by atoms with E-state index in [1.54, 1.807) is 0 Å². The van der Waals surface area contributed by atoms with Crippen LogP contribution in [0.2, 0.25) is 0 Å². The van der Waals surface area contributed by atoms with Crippen molar-refractivity contribution in [3.63, 3.8) is 0 Å². The molecule has 0 spiro atoms. The van der Waals surface area contributed by atoms with Gasteiger partial charge in [-0.05, 0) is 69.2 Å². The Morgan fingerprint density at radius 2 is 1.94 bits per heavy atom. The molecule has 0 amide bonds. The average Bonchev–Trinajstić information content (AvgIpc) is 2.38. The Morgan fingerprint density at radius 3 is 2.67 bits per heavy atom. The number of hydrogen-bond donors (Lipinski definition) is 0. The van der Waals surface area contributed by atoms with E-state index in [0.29, 0.717) is 6.61 Å². The molecule has 0 aromatic heterocycles. The zero-order valence-electron chi connectivity index (χ0n) is 11.3. The lowest BCUT2D eigenvalue weighted by atomic mass is 9.91. The molecule has 0 bridgehead atoms. The normalized spacial score (nSPS) is 14.7. The highest BCUT2D eigenvalue weighted by Gasteiger charge is 2.16. The lowest BCUT2D eigenvalue weighted by Crippen LogP contribution is -2.13. The van der Waals surface area contributed by atoms with E-state index >= 15 is 0 Å². The summed E-state index contributed by atoms with van der Waals surface area (Å²) in [5.41, 5.74) is 2.62. The van der Waals surface area contributed by atoms with Crippen LogP contribution < -0.4 is 4.74 Å². The van der Waals surface area contributed by atoms with Crippen molar-refractivity contribution >= 4 is 0 Å². The standard InChI is InChI=1S/C16H21NO/c1-16(2,12-17)9-10-18-15-8-7-13-5-3-4-6-14(13)11-15/h7-8,11H,3-6,9-10H2,1-2H3. The Kier molecular flexibility index (Phi) is 3.91. The molecule has 0 unspecified atom stereocenters. The molecule has 1 aliphatic carbocycles. The molecule has 1 aromatic rings. The largest absolute Gasteiger partial charge is 0.494 e. The maximum absolute atomic E-state index is 8.94. The highest BCUT2D eigenvalue weighted by molar-refractivity contribution is 5.37. The number of benzene rings is 1. The predicted molar refractivity (Wildman–Crippen MR) is 72.6 cm³/mol. The van der Waals surface area contributed by atoms with Gasteiger partial charge in [-0.3, -0.25) is 0 Å². The number of hydrogen-bond acceptors (Lipinski definition) is 2. The van der Waals surface area contributed by atoms with Crippen molar-refractivity contribution < 1.29 is 4.74 Å². The van der Waals surface area contributed by atoms with Crippen LogP contribution in [-0.4, -0.2) is 6.61 Å². The fourth-order valence-electron chi connectivity index (χ4n) is 2.28. The monoisotopic (exact) mass is 243 g/mol. The molecule has 0 heterocycles. The van der Waals surface area contributed by atoms with Gasteiger partial charge in [0.2, 0.25) is 0 Å². The quantitative estimate of drug-likeness (QED) is 0.804. The van der Waals surface area contributed by atoms with Gasteiger partial charge in [-0.2, -0.15) is 5.26 Å². The number of ether oxygens (including phenoxy) is 1. The highest BCUT2D eigenvalue weighted by atomic mass is 16.5. The van der Waals surface area contributed by atoms with Gasteiger partial charge in [-0.1, -0.05) is 6.07 Å². The summed E-state index contributed by atoms with van der Waals surface area (Å²) in [7, 11) is 0. The number of nitriles is 1. The topological polar surface area (TPSA) is 33.0 Å². The van der Waals surface area contributed by atoms with Crippen LogP contribution in [0.25, 0.3) is 0 Å². The van der Waals surface area contributed by atoms with Crippen molar-refractivity contribution in [2.24, 2.45) is 5.41 Å². The van der Waals surface area contributed by atoms with Gasteiger partial charge in [-0.25, -0.2) is 0 Å². The van der Waals surface area contributed by atoms with E-state index in [1.807, 2.05) is 13.8 Å². The van der Waals surface area contributed by atoms with Crippen LogP contribution in [0.5, 0.6) is 5.75 Å². The van der Waals surface area contributed by atoms with Crippen LogP contribution in [0.1, 0.15) is 44.2 Å². The lowest BCUT2D eigenvalue weighted by Gasteiger charge is -2.18. The molecule has 2 rings (SSSR count). The van der Waals surface area contributed by atoms with E-state index in [4.69, 9.17) is 10.00 Å². The lowest BCUT2D eigenvalue weighted by molar-refractivity contribution is 0.264. The van der Waals surface area contributed by atoms with Gasteiger partial charge in [0.05, 0.1) is 18.1 Å². The molecule has 2 nitrogen and oxygen atoms in total. The van der Waals surface area contributed by atoms with E-state index in [0.717, 1.165) is 12.2 Å². The summed E-state index contributed by atoms with van der Waals surface area (Å²) in [6.45, 7) is 4.51. The van der Waals surface area contributed by atoms with Gasteiger partial charge in [0.15, 0.2) is 0 Å². The third-order valence-electron chi connectivity index (χ3n) is 3.62. The van der Waals surface area contributed by atoms with E-state index in [2.05, 4.69) is 24.3 Å². The van der Waals surface area contributed by atoms with Crippen molar-refractivity contribution in [3.05, 3.63) is 29.3 Å². The first kappa shape index (κ1) is 13.0. The summed E-state index contributed by atoms with van der Waals surface area (Å²) in [6, 6.07) is 8.72. The first-order valence-electron chi connectivity index (χ1n) is 6.77. The summed E-state index contributed by atoms with van der Waals surface area (Å²) in [6.07, 6.45) is 5.75. The molecule has 2 heteroatoms. The Morgan fingerprint density at radius 1 is 1.22 bits per heavy atom. The molecule has 1 aliphatic rings. The van der Waals surface area contributed by atoms with Gasteiger partial charge < -0.3 is 4.74 Å². The summed E-state index contributed by atoms with van der Waals surface area (Å²) < 4.78 is 5.76. The molecule has 0 saturated heterocycles. The summed E-state index contributed by atoms with van der Waals surface area (Å²) in [5, 5.41) is 8.94. The van der Waals surface area contributed by atoms with Crippen molar-refractivity contribution in [2.75, 3.05) is 6.61 Å². The third kappa shape index (κ3) is 3.26. The zero-order chi connectivity index (χ0) is 13.0. The van der Waals surface area contributed by atoms with Crippen molar-refractivity contribution in [1.29, 1.82) is 5.26 Å². The summed E-state index contributed by atoms with van der Waals surface area (Å²) >= 11 is 0. The second-order valence-electron chi connectivity index (χ2n) is 5.73. The third-order valence-corrected chi connectivity index (χ3v) is 3.62. The molecule has 1 aromatic carbocycles. The maximum atomic E-state index is 8.94. The molecule has 0 N–H and O–H groups in total. The van der Waals surface area contributed by atoms with Gasteiger partial charge in [0.1, 0.15) is 5.75 Å². The van der Waals surface area contributed by atoms with E-state index in [-0.39, 0.29) is 5.41 Å². The van der Waals surface area contributed by atoms with Crippen molar-refractivity contribution in [1.82, 2.24) is 0 Å². The minimum Gasteiger partial charge on any atom is -0.494 e. The molecule has 0 atom stereocenters. The summed E-state index contributed by atoms with van der Waals surface area (Å²) in [4.78, 5) is 0. The van der Waals surface area contributed by atoms with Crippen molar-refractivity contribution in [2.45, 2.75) is 46.0 Å². The smallest absolute Gasteiger partial charge is 0.119 e. The molecular formula is C16H21NO. The molecule has 0 fully saturated rings. The van der Waals surface area contributed by atoms with Gasteiger partial charge in [-0.15, -0.1) is 0 Å². The highest BCUT2D eigenvalue weighted by Crippen LogP contribution is 2.26. The van der Waals surface area contributed by atoms with Crippen LogP contribution in [-0.2, 0) is 12.8 Å². The Labute approximate surface area is 110 Å². The van der Waals surface area contributed by atoms with Gasteiger partial charge >= 0.3 is 0 Å². The fourth-order valence-corrected chi connectivity index (χ4v) is 2.28. The Hall–Kier alpha value is -1.49.